The lowest BCUT2D eigenvalue weighted by Crippen LogP contribution is -2.22. The highest BCUT2D eigenvalue weighted by Crippen LogP contribution is 1.97. The molecule has 1 heterocycles. The SMILES string of the molecule is CCC(C)CNCCCCn1ccnn1. The molecule has 0 aromatic carbocycles. The van der Waals surface area contributed by atoms with Crippen molar-refractivity contribution in [3.8, 4) is 0 Å². The molecule has 0 fully saturated rings. The van der Waals surface area contributed by atoms with E-state index in [4.69, 9.17) is 0 Å². The van der Waals surface area contributed by atoms with Crippen molar-refractivity contribution in [3.05, 3.63) is 12.4 Å². The third-order valence-corrected chi connectivity index (χ3v) is 2.65. The van der Waals surface area contributed by atoms with E-state index in [1.54, 1.807) is 6.20 Å². The predicted octanol–water partition coefficient (Wildman–Crippen LogP) is 1.69. The fourth-order valence-electron chi connectivity index (χ4n) is 1.37. The van der Waals surface area contributed by atoms with Gasteiger partial charge in [-0.25, -0.2) is 0 Å². The standard InChI is InChI=1S/C11H22N4/c1-3-11(2)10-12-6-4-5-8-15-9-7-13-14-15/h7,9,11-12H,3-6,8,10H2,1-2H3. The molecule has 0 amide bonds. The van der Waals surface area contributed by atoms with Crippen molar-refractivity contribution >= 4 is 0 Å². The predicted molar refractivity (Wildman–Crippen MR) is 61.6 cm³/mol. The molecular formula is C11H22N4. The van der Waals surface area contributed by atoms with E-state index in [2.05, 4.69) is 29.5 Å². The van der Waals surface area contributed by atoms with E-state index in [1.165, 1.54) is 12.8 Å². The number of aryl methyl sites for hydroxylation is 1. The maximum absolute atomic E-state index is 3.92. The summed E-state index contributed by atoms with van der Waals surface area (Å²) in [5.41, 5.74) is 0. The molecule has 0 radical (unpaired) electrons. The molecule has 0 aliphatic carbocycles. The van der Waals surface area contributed by atoms with E-state index in [0.717, 1.165) is 32.0 Å². The minimum Gasteiger partial charge on any atom is -0.316 e. The van der Waals surface area contributed by atoms with Crippen LogP contribution in [0.3, 0.4) is 0 Å². The molecular weight excluding hydrogens is 188 g/mol. The Morgan fingerprint density at radius 2 is 2.27 bits per heavy atom. The molecule has 1 unspecified atom stereocenters. The molecule has 1 rings (SSSR count). The van der Waals surface area contributed by atoms with Crippen LogP contribution in [0.5, 0.6) is 0 Å². The van der Waals surface area contributed by atoms with Gasteiger partial charge in [0.05, 0.1) is 6.20 Å². The van der Waals surface area contributed by atoms with Crippen molar-refractivity contribution in [2.45, 2.75) is 39.7 Å². The lowest BCUT2D eigenvalue weighted by Gasteiger charge is -2.09. The second-order valence-corrected chi connectivity index (χ2v) is 4.09. The first kappa shape index (κ1) is 12.2. The van der Waals surface area contributed by atoms with Crippen LogP contribution in [0.15, 0.2) is 12.4 Å². The maximum Gasteiger partial charge on any atom is 0.0692 e. The number of rotatable bonds is 8. The van der Waals surface area contributed by atoms with Crippen molar-refractivity contribution in [1.29, 1.82) is 0 Å². The van der Waals surface area contributed by atoms with Crippen molar-refractivity contribution in [2.75, 3.05) is 13.1 Å². The van der Waals surface area contributed by atoms with Crippen LogP contribution in [0, 0.1) is 5.92 Å². The van der Waals surface area contributed by atoms with Crippen molar-refractivity contribution in [3.63, 3.8) is 0 Å². The van der Waals surface area contributed by atoms with Crippen LogP contribution in [-0.2, 0) is 6.54 Å². The van der Waals surface area contributed by atoms with E-state index in [1.807, 2.05) is 10.9 Å². The van der Waals surface area contributed by atoms with Crippen LogP contribution in [0.2, 0.25) is 0 Å². The molecule has 0 bridgehead atoms. The summed E-state index contributed by atoms with van der Waals surface area (Å²) in [4.78, 5) is 0. The van der Waals surface area contributed by atoms with Crippen LogP contribution >= 0.6 is 0 Å². The molecule has 1 aromatic heterocycles. The first-order valence-electron chi connectivity index (χ1n) is 5.87. The van der Waals surface area contributed by atoms with E-state index in [-0.39, 0.29) is 0 Å². The summed E-state index contributed by atoms with van der Waals surface area (Å²) in [6, 6.07) is 0. The molecule has 0 aliphatic heterocycles. The number of hydrogen-bond donors (Lipinski definition) is 1. The van der Waals surface area contributed by atoms with Crippen LogP contribution in [-0.4, -0.2) is 28.1 Å². The Balaban J connectivity index is 1.89. The Labute approximate surface area is 92.1 Å². The highest BCUT2D eigenvalue weighted by atomic mass is 15.4. The normalized spacial score (nSPS) is 12.9. The smallest absolute Gasteiger partial charge is 0.0692 e. The van der Waals surface area contributed by atoms with Crippen LogP contribution in [0.4, 0.5) is 0 Å². The quantitative estimate of drug-likeness (QED) is 0.664. The third kappa shape index (κ3) is 5.52. The molecule has 0 spiro atoms. The summed E-state index contributed by atoms with van der Waals surface area (Å²) in [6.07, 6.45) is 7.26. The second-order valence-electron chi connectivity index (χ2n) is 4.09. The molecule has 1 N–H and O–H groups in total. The van der Waals surface area contributed by atoms with E-state index in [0.29, 0.717) is 0 Å². The first-order valence-corrected chi connectivity index (χ1v) is 5.87. The summed E-state index contributed by atoms with van der Waals surface area (Å²) in [6.45, 7) is 7.74. The Morgan fingerprint density at radius 1 is 1.40 bits per heavy atom. The lowest BCUT2D eigenvalue weighted by atomic mass is 10.1. The molecule has 1 atom stereocenters. The van der Waals surface area contributed by atoms with Crippen LogP contribution in [0.1, 0.15) is 33.1 Å². The highest BCUT2D eigenvalue weighted by Gasteiger charge is 1.97. The minimum atomic E-state index is 0.792. The molecule has 4 nitrogen and oxygen atoms in total. The Bertz CT molecular complexity index is 233. The van der Waals surface area contributed by atoms with Crippen LogP contribution < -0.4 is 5.32 Å². The van der Waals surface area contributed by atoms with Crippen molar-refractivity contribution < 1.29 is 0 Å². The number of nitrogens with one attached hydrogen (secondary N) is 1. The van der Waals surface area contributed by atoms with Gasteiger partial charge in [0.25, 0.3) is 0 Å². The van der Waals surface area contributed by atoms with Gasteiger partial charge in [0, 0.05) is 12.7 Å². The third-order valence-electron chi connectivity index (χ3n) is 2.65. The monoisotopic (exact) mass is 210 g/mol. The van der Waals surface area contributed by atoms with E-state index >= 15 is 0 Å². The van der Waals surface area contributed by atoms with Gasteiger partial charge in [0.2, 0.25) is 0 Å². The van der Waals surface area contributed by atoms with Crippen LogP contribution in [0.25, 0.3) is 0 Å². The van der Waals surface area contributed by atoms with Gasteiger partial charge < -0.3 is 5.32 Å². The lowest BCUT2D eigenvalue weighted by molar-refractivity contribution is 0.476. The van der Waals surface area contributed by atoms with E-state index in [9.17, 15) is 0 Å². The minimum absolute atomic E-state index is 0.792. The van der Waals surface area contributed by atoms with Gasteiger partial charge in [-0.3, -0.25) is 4.68 Å². The number of aromatic nitrogens is 3. The zero-order valence-corrected chi connectivity index (χ0v) is 9.82. The number of hydrogen-bond acceptors (Lipinski definition) is 3. The average Bonchev–Trinajstić information content (AvgIpc) is 2.75. The largest absolute Gasteiger partial charge is 0.316 e. The summed E-state index contributed by atoms with van der Waals surface area (Å²) >= 11 is 0. The Hall–Kier alpha value is -0.900. The summed E-state index contributed by atoms with van der Waals surface area (Å²) < 4.78 is 1.88. The second kappa shape index (κ2) is 7.40. The molecule has 15 heavy (non-hydrogen) atoms. The fourth-order valence-corrected chi connectivity index (χ4v) is 1.37. The summed E-state index contributed by atoms with van der Waals surface area (Å²) in [5.74, 6) is 0.792. The zero-order valence-electron chi connectivity index (χ0n) is 9.82. The number of unbranched alkanes of at least 4 members (excludes halogenated alkanes) is 1. The van der Waals surface area contributed by atoms with Gasteiger partial charge in [-0.15, -0.1) is 5.10 Å². The Kier molecular flexibility index (Phi) is 6.00. The van der Waals surface area contributed by atoms with Crippen molar-refractivity contribution in [2.24, 2.45) is 5.92 Å². The van der Waals surface area contributed by atoms with Gasteiger partial charge in [0.1, 0.15) is 0 Å². The molecule has 0 saturated carbocycles. The van der Waals surface area contributed by atoms with Gasteiger partial charge in [0.15, 0.2) is 0 Å². The Morgan fingerprint density at radius 3 is 2.93 bits per heavy atom. The average molecular weight is 210 g/mol. The molecule has 0 aliphatic rings. The molecule has 86 valence electrons. The topological polar surface area (TPSA) is 42.7 Å². The molecule has 4 heteroatoms. The van der Waals surface area contributed by atoms with Gasteiger partial charge >= 0.3 is 0 Å². The summed E-state index contributed by atoms with van der Waals surface area (Å²) in [7, 11) is 0. The number of nitrogens with zero attached hydrogens (tertiary/aromatic N) is 3. The molecule has 0 saturated heterocycles. The van der Waals surface area contributed by atoms with Gasteiger partial charge in [-0.05, 0) is 31.8 Å². The fraction of sp³-hybridized carbons (Fsp3) is 0.818. The summed E-state index contributed by atoms with van der Waals surface area (Å²) in [5, 5.41) is 11.2. The highest BCUT2D eigenvalue weighted by molar-refractivity contribution is 4.63. The van der Waals surface area contributed by atoms with Crippen molar-refractivity contribution in [1.82, 2.24) is 20.3 Å². The van der Waals surface area contributed by atoms with Gasteiger partial charge in [-0.2, -0.15) is 0 Å². The van der Waals surface area contributed by atoms with Gasteiger partial charge in [-0.1, -0.05) is 25.5 Å². The van der Waals surface area contributed by atoms with E-state index < -0.39 is 0 Å². The molecule has 1 aromatic rings. The first-order chi connectivity index (χ1) is 7.33. The maximum atomic E-state index is 3.92. The zero-order chi connectivity index (χ0) is 10.9.